The van der Waals surface area contributed by atoms with Crippen LogP contribution in [-0.4, -0.2) is 78.8 Å². The number of carboxylic acids is 1. The van der Waals surface area contributed by atoms with Crippen molar-refractivity contribution in [1.29, 1.82) is 0 Å². The number of aliphatic carboxylic acids is 1. The van der Waals surface area contributed by atoms with E-state index in [2.05, 4.69) is 25.8 Å². The van der Waals surface area contributed by atoms with Gasteiger partial charge in [-0.1, -0.05) is 42.5 Å². The number of carbonyl (C=O) groups is 2. The molecule has 0 aromatic heterocycles. The summed E-state index contributed by atoms with van der Waals surface area (Å²) in [6, 6.07) is 13.8. The number of carbonyl (C=O) groups excluding carboxylic acids is 1. The van der Waals surface area contributed by atoms with Crippen molar-refractivity contribution in [1.82, 2.24) is 9.80 Å². The van der Waals surface area contributed by atoms with Crippen LogP contribution in [0.2, 0.25) is 0 Å². The molecule has 1 saturated carbocycles. The second-order valence-electron chi connectivity index (χ2n) is 11.9. The lowest BCUT2D eigenvalue weighted by Crippen LogP contribution is -2.51. The van der Waals surface area contributed by atoms with Gasteiger partial charge >= 0.3 is 18.3 Å². The summed E-state index contributed by atoms with van der Waals surface area (Å²) in [4.78, 5) is 26.8. The number of rotatable bonds is 8. The Morgan fingerprint density at radius 3 is 2.22 bits per heavy atom. The van der Waals surface area contributed by atoms with Crippen molar-refractivity contribution in [2.24, 2.45) is 11.8 Å². The first-order valence-electron chi connectivity index (χ1n) is 14.8. The third-order valence-corrected chi connectivity index (χ3v) is 10.4. The van der Waals surface area contributed by atoms with Crippen LogP contribution in [0.1, 0.15) is 50.7 Å². The lowest BCUT2D eigenvalue weighted by molar-refractivity contribution is -0.192. The van der Waals surface area contributed by atoms with Crippen molar-refractivity contribution in [2.75, 3.05) is 19.3 Å². The van der Waals surface area contributed by atoms with Crippen LogP contribution in [0.15, 0.2) is 65.6 Å². The number of likely N-dealkylation sites (tertiary alicyclic amines) is 1. The molecule has 0 radical (unpaired) electrons. The Hall–Kier alpha value is -3.39. The number of carboxylic acid groups (broad SMARTS) is 1. The van der Waals surface area contributed by atoms with E-state index in [1.54, 1.807) is 48.6 Å². The average molecular weight is 677 g/mol. The molecule has 4 unspecified atom stereocenters. The molecule has 0 spiro atoms. The van der Waals surface area contributed by atoms with Crippen LogP contribution < -0.4 is 0 Å². The van der Waals surface area contributed by atoms with Gasteiger partial charge in [0.2, 0.25) is 5.91 Å². The summed E-state index contributed by atoms with van der Waals surface area (Å²) in [6.07, 6.45) is -3.43. The van der Waals surface area contributed by atoms with E-state index in [0.29, 0.717) is 37.4 Å². The highest BCUT2D eigenvalue weighted by atomic mass is 32.2. The maximum Gasteiger partial charge on any atom is 0.490 e. The number of hydrogen-bond acceptors (Lipinski definition) is 5. The fraction of sp³-hybridized carbons (Fsp3) is 0.500. The molecule has 254 valence electrons. The lowest BCUT2D eigenvalue weighted by Gasteiger charge is -2.44. The Morgan fingerprint density at radius 2 is 1.65 bits per heavy atom. The molecule has 4 rings (SSSR count). The molecule has 1 aliphatic heterocycles. The van der Waals surface area contributed by atoms with Crippen molar-refractivity contribution < 1.29 is 49.5 Å². The van der Waals surface area contributed by atoms with E-state index < -0.39 is 39.6 Å². The van der Waals surface area contributed by atoms with Crippen molar-refractivity contribution in [2.45, 2.75) is 74.9 Å². The van der Waals surface area contributed by atoms with Crippen LogP contribution in [-0.2, 0) is 25.6 Å². The lowest BCUT2D eigenvalue weighted by atomic mass is 9.81. The van der Waals surface area contributed by atoms with Gasteiger partial charge in [0.15, 0.2) is 9.84 Å². The summed E-state index contributed by atoms with van der Waals surface area (Å²) in [6.45, 7) is 4.74. The van der Waals surface area contributed by atoms with Gasteiger partial charge in [-0.2, -0.15) is 26.3 Å². The van der Waals surface area contributed by atoms with Gasteiger partial charge in [0.05, 0.1) is 22.1 Å². The van der Waals surface area contributed by atoms with Crippen LogP contribution in [0, 0.1) is 11.8 Å². The van der Waals surface area contributed by atoms with Crippen molar-refractivity contribution in [3.05, 3.63) is 71.8 Å². The molecule has 0 bridgehead atoms. The minimum atomic E-state index is -5.08. The van der Waals surface area contributed by atoms with Gasteiger partial charge in [0, 0.05) is 24.7 Å². The largest absolute Gasteiger partial charge is 0.490 e. The number of halogens is 6. The molecule has 1 saturated heterocycles. The molecule has 1 amide bonds. The SMILES string of the molecule is CC(C)N(C)C1CCC(N2CCC(/C=C/c3cccc(C(F)(F)F)c3)C2=O)C(CS(=O)(=O)c2ccccc2)C1.O=C(O)C(F)(F)F. The normalized spacial score (nSPS) is 22.8. The van der Waals surface area contributed by atoms with Gasteiger partial charge < -0.3 is 14.9 Å². The minimum absolute atomic E-state index is 0.0291. The van der Waals surface area contributed by atoms with E-state index in [0.717, 1.165) is 18.6 Å². The van der Waals surface area contributed by atoms with Gasteiger partial charge in [0.1, 0.15) is 0 Å². The Morgan fingerprint density at radius 1 is 1.02 bits per heavy atom. The predicted molar refractivity (Wildman–Crippen MR) is 160 cm³/mol. The Labute approximate surface area is 264 Å². The molecule has 1 N–H and O–H groups in total. The van der Waals surface area contributed by atoms with E-state index in [9.17, 15) is 39.6 Å². The number of hydrogen-bond donors (Lipinski definition) is 1. The second-order valence-corrected chi connectivity index (χ2v) is 13.9. The average Bonchev–Trinajstić information content (AvgIpc) is 3.35. The maximum absolute atomic E-state index is 13.5. The molecular weight excluding hydrogens is 638 g/mol. The molecule has 2 fully saturated rings. The number of alkyl halides is 6. The van der Waals surface area contributed by atoms with Gasteiger partial charge in [-0.25, -0.2) is 13.2 Å². The van der Waals surface area contributed by atoms with E-state index >= 15 is 0 Å². The quantitative estimate of drug-likeness (QED) is 0.319. The molecule has 2 aliphatic rings. The van der Waals surface area contributed by atoms with E-state index in [1.807, 2.05) is 4.90 Å². The monoisotopic (exact) mass is 676 g/mol. The summed E-state index contributed by atoms with van der Waals surface area (Å²) in [5.41, 5.74) is -0.338. The zero-order valence-electron chi connectivity index (χ0n) is 25.6. The molecule has 4 atom stereocenters. The molecule has 46 heavy (non-hydrogen) atoms. The first-order chi connectivity index (χ1) is 21.3. The van der Waals surface area contributed by atoms with Crippen LogP contribution in [0.5, 0.6) is 0 Å². The summed E-state index contributed by atoms with van der Waals surface area (Å²) in [5, 5.41) is 7.12. The number of benzene rings is 2. The smallest absolute Gasteiger partial charge is 0.475 e. The van der Waals surface area contributed by atoms with Crippen molar-refractivity contribution >= 4 is 27.8 Å². The Balaban J connectivity index is 0.000000738. The van der Waals surface area contributed by atoms with Gasteiger partial charge in [-0.15, -0.1) is 0 Å². The molecule has 1 aliphatic carbocycles. The predicted octanol–water partition coefficient (Wildman–Crippen LogP) is 6.55. The van der Waals surface area contributed by atoms with E-state index in [-0.39, 0.29) is 34.6 Å². The third-order valence-electron chi connectivity index (χ3n) is 8.50. The summed E-state index contributed by atoms with van der Waals surface area (Å²) >= 11 is 0. The summed E-state index contributed by atoms with van der Waals surface area (Å²) in [5.74, 6) is -3.53. The fourth-order valence-electron chi connectivity index (χ4n) is 5.89. The van der Waals surface area contributed by atoms with E-state index in [1.165, 1.54) is 6.07 Å². The molecule has 14 heteroatoms. The van der Waals surface area contributed by atoms with Crippen LogP contribution in [0.25, 0.3) is 6.08 Å². The highest BCUT2D eigenvalue weighted by Crippen LogP contribution is 2.37. The van der Waals surface area contributed by atoms with Gasteiger partial charge in [-0.05, 0) is 82.3 Å². The first kappa shape index (κ1) is 37.1. The minimum Gasteiger partial charge on any atom is -0.475 e. The zero-order chi connectivity index (χ0) is 34.4. The van der Waals surface area contributed by atoms with E-state index in [4.69, 9.17) is 9.90 Å². The van der Waals surface area contributed by atoms with Crippen molar-refractivity contribution in [3.8, 4) is 0 Å². The van der Waals surface area contributed by atoms with Gasteiger partial charge in [0.25, 0.3) is 0 Å². The fourth-order valence-corrected chi connectivity index (χ4v) is 7.57. The Kier molecular flexibility index (Phi) is 12.1. The van der Waals surface area contributed by atoms with Crippen molar-refractivity contribution in [3.63, 3.8) is 0 Å². The highest BCUT2D eigenvalue weighted by molar-refractivity contribution is 7.91. The second kappa shape index (κ2) is 15.0. The molecule has 7 nitrogen and oxygen atoms in total. The number of amides is 1. The van der Waals surface area contributed by atoms with Crippen LogP contribution in [0.4, 0.5) is 26.3 Å². The zero-order valence-corrected chi connectivity index (χ0v) is 26.4. The topological polar surface area (TPSA) is 95.0 Å². The highest BCUT2D eigenvalue weighted by Gasteiger charge is 2.43. The molecule has 2 aromatic carbocycles. The summed E-state index contributed by atoms with van der Waals surface area (Å²) in [7, 11) is -1.48. The molecular formula is C32H38F6N2O5S. The van der Waals surface area contributed by atoms with Crippen LogP contribution in [0.3, 0.4) is 0 Å². The Bertz CT molecular complexity index is 1480. The third kappa shape index (κ3) is 9.81. The molecule has 2 aromatic rings. The first-order valence-corrected chi connectivity index (χ1v) is 16.4. The maximum atomic E-state index is 13.5. The standard InChI is InChI=1S/C30H37F3N2O3S.C2HF3O2/c1-21(2)34(3)26-14-15-28(24(19-26)20-39(37,38)27-10-5-4-6-11-27)35-17-16-23(29(35)36)13-12-22-8-7-9-25(18-22)30(31,32)33;3-2(4,5)1(6)7/h4-13,18,21,23-24,26,28H,14-17,19-20H2,1-3H3;(H,6,7)/b13-12+;. The van der Waals surface area contributed by atoms with Gasteiger partial charge in [-0.3, -0.25) is 4.79 Å². The van der Waals surface area contributed by atoms with Crippen LogP contribution >= 0.6 is 0 Å². The molecule has 1 heterocycles. The summed E-state index contributed by atoms with van der Waals surface area (Å²) < 4.78 is 97.7. The number of sulfone groups is 1. The number of nitrogens with zero attached hydrogens (tertiary/aromatic N) is 2.